The molecule has 0 radical (unpaired) electrons. The fourth-order valence-electron chi connectivity index (χ4n) is 3.07. The summed E-state index contributed by atoms with van der Waals surface area (Å²) < 4.78 is 33.5. The third-order valence-electron chi connectivity index (χ3n) is 5.02. The second-order valence-electron chi connectivity index (χ2n) is 8.88. The van der Waals surface area contributed by atoms with Gasteiger partial charge in [0.2, 0.25) is 0 Å². The lowest BCUT2D eigenvalue weighted by atomic mass is 10.2. The van der Waals surface area contributed by atoms with Crippen molar-refractivity contribution in [3.63, 3.8) is 0 Å². The topological polar surface area (TPSA) is 120 Å². The summed E-state index contributed by atoms with van der Waals surface area (Å²) in [4.78, 5) is 11.6. The van der Waals surface area contributed by atoms with Gasteiger partial charge in [-0.25, -0.2) is 0 Å². The lowest BCUT2D eigenvalue weighted by molar-refractivity contribution is -0.0224. The standard InChI is InChI=1S/C27H45N3O7S2/c1-23(2)29-8-5-10-32-12-14-34-15-13-33-11-9-30-26(31)24-6-4-7-25(20-24)36-21-27(3,39-22-28)37-17-16-35-18-19-38/h4,6-7,20,23,29,38H,5,8-19,21H2,1-3H3,(H,30,31). The summed E-state index contributed by atoms with van der Waals surface area (Å²) in [7, 11) is 0. The van der Waals surface area contributed by atoms with Crippen LogP contribution in [-0.4, -0.2) is 102 Å². The van der Waals surface area contributed by atoms with Gasteiger partial charge in [0.15, 0.2) is 4.93 Å². The molecule has 0 fully saturated rings. The van der Waals surface area contributed by atoms with E-state index in [1.54, 1.807) is 31.2 Å². The third-order valence-corrected chi connectivity index (χ3v) is 5.96. The summed E-state index contributed by atoms with van der Waals surface area (Å²) in [6.45, 7) is 11.8. The van der Waals surface area contributed by atoms with Gasteiger partial charge in [0.05, 0.1) is 52.9 Å². The van der Waals surface area contributed by atoms with E-state index >= 15 is 0 Å². The number of thiol groups is 1. The van der Waals surface area contributed by atoms with Gasteiger partial charge in [0, 0.05) is 30.5 Å². The molecule has 0 saturated carbocycles. The molecule has 1 amide bonds. The van der Waals surface area contributed by atoms with Gasteiger partial charge < -0.3 is 39.1 Å². The molecule has 0 spiro atoms. The van der Waals surface area contributed by atoms with Gasteiger partial charge in [-0.3, -0.25) is 4.79 Å². The second kappa shape index (κ2) is 23.2. The molecule has 1 rings (SSSR count). The number of rotatable bonds is 25. The van der Waals surface area contributed by atoms with Crippen LogP contribution in [0.5, 0.6) is 5.75 Å². The Kier molecular flexibility index (Phi) is 21.1. The van der Waals surface area contributed by atoms with Gasteiger partial charge in [-0.05, 0) is 49.9 Å². The van der Waals surface area contributed by atoms with Crippen molar-refractivity contribution in [1.82, 2.24) is 10.6 Å². The van der Waals surface area contributed by atoms with Crippen molar-refractivity contribution < 1.29 is 33.2 Å². The molecule has 0 aliphatic heterocycles. The Morgan fingerprint density at radius 2 is 1.67 bits per heavy atom. The average Bonchev–Trinajstić information content (AvgIpc) is 2.92. The van der Waals surface area contributed by atoms with Gasteiger partial charge in [0.25, 0.3) is 5.91 Å². The molecule has 39 heavy (non-hydrogen) atoms. The summed E-state index contributed by atoms with van der Waals surface area (Å²) >= 11 is 5.07. The third kappa shape index (κ3) is 19.2. The molecule has 0 aromatic heterocycles. The molecule has 0 aliphatic rings. The van der Waals surface area contributed by atoms with Crippen molar-refractivity contribution in [1.29, 1.82) is 5.26 Å². The number of nitrogens with one attached hydrogen (secondary N) is 2. The van der Waals surface area contributed by atoms with Crippen molar-refractivity contribution in [2.45, 2.75) is 38.2 Å². The predicted molar refractivity (Wildman–Crippen MR) is 157 cm³/mol. The zero-order valence-electron chi connectivity index (χ0n) is 23.4. The number of benzene rings is 1. The molecule has 0 heterocycles. The van der Waals surface area contributed by atoms with E-state index < -0.39 is 4.93 Å². The maximum atomic E-state index is 12.5. The van der Waals surface area contributed by atoms with Crippen LogP contribution in [-0.2, 0) is 23.7 Å². The van der Waals surface area contributed by atoms with Crippen molar-refractivity contribution in [2.24, 2.45) is 0 Å². The molecular weight excluding hydrogens is 542 g/mol. The maximum Gasteiger partial charge on any atom is 0.251 e. The highest BCUT2D eigenvalue weighted by Gasteiger charge is 2.27. The smallest absolute Gasteiger partial charge is 0.251 e. The summed E-state index contributed by atoms with van der Waals surface area (Å²) in [5.41, 5.74) is 0.464. The van der Waals surface area contributed by atoms with Crippen LogP contribution in [0.2, 0.25) is 0 Å². The Hall–Kier alpha value is -1.56. The van der Waals surface area contributed by atoms with Crippen LogP contribution in [0.15, 0.2) is 24.3 Å². The van der Waals surface area contributed by atoms with Crippen LogP contribution in [0.4, 0.5) is 0 Å². The fraction of sp³-hybridized carbons (Fsp3) is 0.704. The van der Waals surface area contributed by atoms with Gasteiger partial charge >= 0.3 is 0 Å². The van der Waals surface area contributed by atoms with Crippen molar-refractivity contribution in [3.8, 4) is 11.2 Å². The van der Waals surface area contributed by atoms with Gasteiger partial charge in [-0.2, -0.15) is 17.9 Å². The minimum absolute atomic E-state index is 0.126. The molecule has 1 aromatic rings. The van der Waals surface area contributed by atoms with Crippen molar-refractivity contribution >= 4 is 30.3 Å². The summed E-state index contributed by atoms with van der Waals surface area (Å²) in [5, 5.41) is 17.4. The number of nitrogens with zero attached hydrogens (tertiary/aromatic N) is 1. The van der Waals surface area contributed by atoms with E-state index in [2.05, 4.69) is 42.5 Å². The molecule has 0 aliphatic carbocycles. The highest BCUT2D eigenvalue weighted by Crippen LogP contribution is 2.27. The Morgan fingerprint density at radius 1 is 1.00 bits per heavy atom. The molecule has 10 nitrogen and oxygen atoms in total. The van der Waals surface area contributed by atoms with Crippen molar-refractivity contribution in [2.75, 3.05) is 84.9 Å². The minimum atomic E-state index is -0.879. The van der Waals surface area contributed by atoms with Crippen LogP contribution in [0.3, 0.4) is 0 Å². The van der Waals surface area contributed by atoms with Gasteiger partial charge in [0.1, 0.15) is 17.8 Å². The first-order valence-corrected chi connectivity index (χ1v) is 14.7. The number of ether oxygens (including phenoxy) is 6. The Morgan fingerprint density at radius 3 is 2.36 bits per heavy atom. The van der Waals surface area contributed by atoms with E-state index in [0.717, 1.165) is 31.3 Å². The van der Waals surface area contributed by atoms with E-state index in [4.69, 9.17) is 33.7 Å². The highest BCUT2D eigenvalue weighted by molar-refractivity contribution is 8.04. The van der Waals surface area contributed by atoms with Crippen molar-refractivity contribution in [3.05, 3.63) is 29.8 Å². The zero-order valence-corrected chi connectivity index (χ0v) is 25.2. The minimum Gasteiger partial charge on any atom is -0.490 e. The van der Waals surface area contributed by atoms with Gasteiger partial charge in [-0.15, -0.1) is 0 Å². The molecular formula is C27H45N3O7S2. The molecule has 0 bridgehead atoms. The summed E-state index contributed by atoms with van der Waals surface area (Å²) in [6.07, 6.45) is 0.980. The number of hydrogen-bond acceptors (Lipinski definition) is 11. The molecule has 1 aromatic carbocycles. The Labute approximate surface area is 243 Å². The van der Waals surface area contributed by atoms with Crippen LogP contribution in [0.25, 0.3) is 0 Å². The number of hydrogen-bond donors (Lipinski definition) is 3. The van der Waals surface area contributed by atoms with Crippen LogP contribution in [0, 0.1) is 10.7 Å². The first-order chi connectivity index (χ1) is 18.9. The van der Waals surface area contributed by atoms with E-state index in [0.29, 0.717) is 82.5 Å². The lowest BCUT2D eigenvalue weighted by Crippen LogP contribution is -2.33. The number of carbonyl (C=O) groups excluding carboxylic acids is 1. The summed E-state index contributed by atoms with van der Waals surface area (Å²) in [5.74, 6) is 0.910. The van der Waals surface area contributed by atoms with Gasteiger partial charge in [-0.1, -0.05) is 19.9 Å². The summed E-state index contributed by atoms with van der Waals surface area (Å²) in [6, 6.07) is 7.35. The highest BCUT2D eigenvalue weighted by atomic mass is 32.2. The number of thioether (sulfide) groups is 1. The van der Waals surface area contributed by atoms with E-state index in [1.165, 1.54) is 0 Å². The average molecular weight is 588 g/mol. The predicted octanol–water partition coefficient (Wildman–Crippen LogP) is 3.13. The maximum absolute atomic E-state index is 12.5. The largest absolute Gasteiger partial charge is 0.490 e. The Balaban J connectivity index is 2.20. The lowest BCUT2D eigenvalue weighted by Gasteiger charge is -2.26. The Bertz CT molecular complexity index is 814. The molecule has 222 valence electrons. The molecule has 1 atom stereocenters. The molecule has 12 heteroatoms. The fourth-order valence-corrected chi connectivity index (χ4v) is 3.65. The van der Waals surface area contributed by atoms with Crippen LogP contribution >= 0.6 is 24.4 Å². The number of amides is 1. The number of nitriles is 1. The molecule has 1 unspecified atom stereocenters. The van der Waals surface area contributed by atoms with E-state index in [-0.39, 0.29) is 12.5 Å². The molecule has 0 saturated heterocycles. The monoisotopic (exact) mass is 587 g/mol. The SMILES string of the molecule is CC(C)NCCCOCCOCCOCCNC(=O)c1cccc(OCC(C)(OCCOCCS)SC#N)c1. The van der Waals surface area contributed by atoms with E-state index in [9.17, 15) is 4.79 Å². The number of thiocyanates is 1. The van der Waals surface area contributed by atoms with Crippen LogP contribution in [0.1, 0.15) is 37.6 Å². The first-order valence-electron chi connectivity index (χ1n) is 13.3. The molecule has 2 N–H and O–H groups in total. The number of carbonyl (C=O) groups is 1. The van der Waals surface area contributed by atoms with Crippen LogP contribution < -0.4 is 15.4 Å². The first kappa shape index (κ1) is 35.5. The zero-order chi connectivity index (χ0) is 28.6. The normalized spacial score (nSPS) is 12.7. The van der Waals surface area contributed by atoms with E-state index in [1.807, 2.05) is 0 Å². The second-order valence-corrected chi connectivity index (χ2v) is 10.6. The quantitative estimate of drug-likeness (QED) is 0.0681.